The summed E-state index contributed by atoms with van der Waals surface area (Å²) in [5, 5.41) is 3.13. The molecule has 1 amide bonds. The number of thioether (sulfide) groups is 1. The van der Waals surface area contributed by atoms with E-state index in [-0.39, 0.29) is 18.1 Å². The highest BCUT2D eigenvalue weighted by Crippen LogP contribution is 2.31. The number of aromatic nitrogens is 2. The molecule has 0 fully saturated rings. The summed E-state index contributed by atoms with van der Waals surface area (Å²) in [5.41, 5.74) is -0.0148. The van der Waals surface area contributed by atoms with E-state index in [0.29, 0.717) is 22.5 Å². The highest BCUT2D eigenvalue weighted by Gasteiger charge is 2.31. The lowest BCUT2D eigenvalue weighted by atomic mass is 10.2. The zero-order valence-corrected chi connectivity index (χ0v) is 18.2. The van der Waals surface area contributed by atoms with Crippen LogP contribution in [-0.2, 0) is 27.2 Å². The fourth-order valence-electron chi connectivity index (χ4n) is 2.69. The zero-order chi connectivity index (χ0) is 23.2. The third-order valence-corrected chi connectivity index (χ3v) is 7.20. The van der Waals surface area contributed by atoms with E-state index in [9.17, 15) is 26.4 Å². The average Bonchev–Trinajstić information content (AvgIpc) is 2.75. The van der Waals surface area contributed by atoms with Crippen molar-refractivity contribution in [1.82, 2.24) is 9.97 Å². The van der Waals surface area contributed by atoms with Gasteiger partial charge in [-0.1, -0.05) is 12.1 Å². The fraction of sp³-hybridized carbons (Fsp3) is 0.190. The molecule has 0 aliphatic carbocycles. The van der Waals surface area contributed by atoms with E-state index in [2.05, 4.69) is 15.3 Å². The summed E-state index contributed by atoms with van der Waals surface area (Å²) >= 11 is 1.08. The Labute approximate surface area is 187 Å². The molecule has 3 rings (SSSR count). The van der Waals surface area contributed by atoms with Crippen LogP contribution in [0.2, 0.25) is 0 Å². The smallest absolute Gasteiger partial charge is 0.323 e. The van der Waals surface area contributed by atoms with Gasteiger partial charge in [0.2, 0.25) is 5.91 Å². The van der Waals surface area contributed by atoms with Crippen LogP contribution >= 0.6 is 11.8 Å². The van der Waals surface area contributed by atoms with E-state index in [4.69, 9.17) is 0 Å². The summed E-state index contributed by atoms with van der Waals surface area (Å²) in [7, 11) is -3.93. The first-order chi connectivity index (χ1) is 15.1. The number of pyridine rings is 2. The summed E-state index contributed by atoms with van der Waals surface area (Å²) in [6.45, 7) is 0. The summed E-state index contributed by atoms with van der Waals surface area (Å²) in [4.78, 5) is 20.2. The van der Waals surface area contributed by atoms with Gasteiger partial charge in [0.15, 0.2) is 9.84 Å². The number of anilines is 1. The van der Waals surface area contributed by atoms with Crippen LogP contribution in [0.15, 0.2) is 76.9 Å². The number of alkyl halides is 3. The van der Waals surface area contributed by atoms with Crippen molar-refractivity contribution in [3.8, 4) is 0 Å². The predicted molar refractivity (Wildman–Crippen MR) is 115 cm³/mol. The highest BCUT2D eigenvalue weighted by atomic mass is 32.2. The van der Waals surface area contributed by atoms with Crippen molar-refractivity contribution in [2.24, 2.45) is 0 Å². The van der Waals surface area contributed by atoms with Crippen molar-refractivity contribution in [3.63, 3.8) is 0 Å². The number of hydrogen-bond acceptors (Lipinski definition) is 6. The molecule has 0 unspecified atom stereocenters. The number of nitrogens with zero attached hydrogens (tertiary/aromatic N) is 2. The summed E-state index contributed by atoms with van der Waals surface area (Å²) in [6, 6.07) is 12.1. The second-order valence-electron chi connectivity index (χ2n) is 6.60. The second kappa shape index (κ2) is 10.1. The Bertz CT molecular complexity index is 1190. The minimum Gasteiger partial charge on any atom is -0.323 e. The molecule has 0 radical (unpaired) electrons. The lowest BCUT2D eigenvalue weighted by Crippen LogP contribution is -2.16. The number of benzene rings is 1. The van der Waals surface area contributed by atoms with Gasteiger partial charge in [0, 0.05) is 23.8 Å². The van der Waals surface area contributed by atoms with Gasteiger partial charge in [0.05, 0.1) is 28.3 Å². The van der Waals surface area contributed by atoms with Crippen molar-refractivity contribution < 1.29 is 26.4 Å². The Kier molecular flexibility index (Phi) is 7.52. The number of sulfone groups is 1. The van der Waals surface area contributed by atoms with E-state index in [1.54, 1.807) is 36.5 Å². The number of rotatable bonds is 8. The van der Waals surface area contributed by atoms with Crippen molar-refractivity contribution in [1.29, 1.82) is 0 Å². The molecule has 6 nitrogen and oxygen atoms in total. The fourth-order valence-corrected chi connectivity index (χ4v) is 5.34. The topological polar surface area (TPSA) is 89.0 Å². The molecular formula is C21H18F3N3O3S2. The van der Waals surface area contributed by atoms with Crippen LogP contribution in [0.1, 0.15) is 11.3 Å². The summed E-state index contributed by atoms with van der Waals surface area (Å²) in [6.07, 6.45) is -1.49. The van der Waals surface area contributed by atoms with Crippen LogP contribution in [0, 0.1) is 0 Å². The molecule has 11 heteroatoms. The third kappa shape index (κ3) is 6.54. The van der Waals surface area contributed by atoms with E-state index in [1.165, 1.54) is 6.20 Å². The maximum atomic E-state index is 12.9. The average molecular weight is 482 g/mol. The van der Waals surface area contributed by atoms with Gasteiger partial charge in [-0.15, -0.1) is 11.8 Å². The van der Waals surface area contributed by atoms with Gasteiger partial charge in [-0.05, 0) is 42.5 Å². The quantitative estimate of drug-likeness (QED) is 0.484. The molecule has 1 aromatic carbocycles. The van der Waals surface area contributed by atoms with E-state index in [0.717, 1.165) is 30.0 Å². The van der Waals surface area contributed by atoms with Crippen LogP contribution in [0.3, 0.4) is 0 Å². The number of carbonyl (C=O) groups is 1. The lowest BCUT2D eigenvalue weighted by Gasteiger charge is -2.11. The number of halogens is 3. The van der Waals surface area contributed by atoms with Crippen LogP contribution in [0.25, 0.3) is 0 Å². The van der Waals surface area contributed by atoms with E-state index in [1.807, 2.05) is 0 Å². The van der Waals surface area contributed by atoms with Gasteiger partial charge in [-0.25, -0.2) is 13.4 Å². The second-order valence-corrected chi connectivity index (χ2v) is 9.79. The number of amides is 1. The lowest BCUT2D eigenvalue weighted by molar-refractivity contribution is -0.137. The van der Waals surface area contributed by atoms with Gasteiger partial charge in [0.25, 0.3) is 0 Å². The number of nitrogens with one attached hydrogen (secondary N) is 1. The van der Waals surface area contributed by atoms with Gasteiger partial charge < -0.3 is 5.32 Å². The van der Waals surface area contributed by atoms with E-state index >= 15 is 0 Å². The van der Waals surface area contributed by atoms with Crippen molar-refractivity contribution in [3.05, 3.63) is 78.2 Å². The molecule has 0 atom stereocenters. The summed E-state index contributed by atoms with van der Waals surface area (Å²) < 4.78 is 63.6. The van der Waals surface area contributed by atoms with Gasteiger partial charge in [0.1, 0.15) is 5.03 Å². The molecule has 0 spiro atoms. The molecule has 1 N–H and O–H groups in total. The largest absolute Gasteiger partial charge is 0.416 e. The Morgan fingerprint density at radius 1 is 1.00 bits per heavy atom. The third-order valence-electron chi connectivity index (χ3n) is 4.22. The first-order valence-electron chi connectivity index (χ1n) is 9.33. The van der Waals surface area contributed by atoms with Crippen LogP contribution < -0.4 is 5.32 Å². The Hall–Kier alpha value is -2.92. The van der Waals surface area contributed by atoms with Crippen molar-refractivity contribution >= 4 is 33.2 Å². The molecule has 3 aromatic rings. The van der Waals surface area contributed by atoms with Gasteiger partial charge in [-0.2, -0.15) is 13.2 Å². The first kappa shape index (κ1) is 23.7. The maximum Gasteiger partial charge on any atom is 0.416 e. The van der Waals surface area contributed by atoms with Crippen LogP contribution in [0.5, 0.6) is 0 Å². The molecule has 32 heavy (non-hydrogen) atoms. The Morgan fingerprint density at radius 3 is 2.50 bits per heavy atom. The maximum absolute atomic E-state index is 12.9. The SMILES string of the molecule is O=C(Cc1ccccn1)Nc1cccnc1SCCS(=O)(=O)c1cccc(C(F)(F)F)c1. The molecule has 2 heterocycles. The highest BCUT2D eigenvalue weighted by molar-refractivity contribution is 8.00. The minimum atomic E-state index is -4.63. The van der Waals surface area contributed by atoms with Crippen LogP contribution in [-0.4, -0.2) is 35.8 Å². The van der Waals surface area contributed by atoms with Gasteiger partial charge >= 0.3 is 6.18 Å². The molecule has 0 saturated heterocycles. The van der Waals surface area contributed by atoms with Crippen molar-refractivity contribution in [2.75, 3.05) is 16.8 Å². The van der Waals surface area contributed by atoms with Gasteiger partial charge in [-0.3, -0.25) is 9.78 Å². The molecule has 2 aromatic heterocycles. The summed E-state index contributed by atoms with van der Waals surface area (Å²) in [5.74, 6) is -0.662. The standard InChI is InChI=1S/C21H18F3N3O3S2/c22-21(23,24)15-5-3-7-17(13-15)32(29,30)12-11-31-20-18(8-4-10-26-20)27-19(28)14-16-6-1-2-9-25-16/h1-10,13H,11-12,14H2,(H,27,28). The van der Waals surface area contributed by atoms with Crippen LogP contribution in [0.4, 0.5) is 18.9 Å². The first-order valence-corrected chi connectivity index (χ1v) is 12.0. The predicted octanol–water partition coefficient (Wildman–Crippen LogP) is 4.24. The Balaban J connectivity index is 1.63. The van der Waals surface area contributed by atoms with Crippen molar-refractivity contribution in [2.45, 2.75) is 22.5 Å². The molecule has 0 aliphatic heterocycles. The zero-order valence-electron chi connectivity index (χ0n) is 16.5. The Morgan fingerprint density at radius 2 is 1.78 bits per heavy atom. The number of hydrogen-bond donors (Lipinski definition) is 1. The number of carbonyl (C=O) groups excluding carboxylic acids is 1. The molecular weight excluding hydrogens is 463 g/mol. The minimum absolute atomic E-state index is 0.0404. The molecule has 0 bridgehead atoms. The van der Waals surface area contributed by atoms with E-state index < -0.39 is 32.2 Å². The monoisotopic (exact) mass is 481 g/mol. The normalized spacial score (nSPS) is 11.8. The molecule has 0 saturated carbocycles. The molecule has 168 valence electrons. The molecule has 0 aliphatic rings.